The van der Waals surface area contributed by atoms with Gasteiger partial charge >= 0.3 is 0 Å². The summed E-state index contributed by atoms with van der Waals surface area (Å²) < 4.78 is 18.8. The summed E-state index contributed by atoms with van der Waals surface area (Å²) in [5.74, 6) is 0.724. The average molecular weight is 371 g/mol. The number of nitrogens with zero attached hydrogens (tertiary/aromatic N) is 3. The van der Waals surface area contributed by atoms with E-state index in [1.54, 1.807) is 6.20 Å². The first kappa shape index (κ1) is 23.0. The summed E-state index contributed by atoms with van der Waals surface area (Å²) in [6, 6.07) is 0. The minimum atomic E-state index is 0.299. The van der Waals surface area contributed by atoms with Gasteiger partial charge in [0, 0.05) is 13.0 Å². The van der Waals surface area contributed by atoms with E-state index in [0.29, 0.717) is 39.1 Å². The monoisotopic (exact) mass is 370 g/mol. The maximum Gasteiger partial charge on any atom is 0.0726 e. The summed E-state index contributed by atoms with van der Waals surface area (Å²) >= 11 is 0. The lowest BCUT2D eigenvalue weighted by Crippen LogP contribution is -2.25. The normalized spacial score (nSPS) is 13.8. The summed E-state index contributed by atoms with van der Waals surface area (Å²) in [5, 5.41) is 11.5. The Morgan fingerprint density at radius 3 is 2.54 bits per heavy atom. The molecule has 7 heteroatoms. The smallest absolute Gasteiger partial charge is 0.0726 e. The summed E-state index contributed by atoms with van der Waals surface area (Å²) in [4.78, 5) is 0. The molecule has 1 aromatic rings. The first-order chi connectivity index (χ1) is 12.7. The summed E-state index contributed by atoms with van der Waals surface area (Å²) in [7, 11) is 0. The Balaban J connectivity index is 1.99. The molecule has 0 bridgehead atoms. The van der Waals surface area contributed by atoms with Crippen LogP contribution in [0.25, 0.3) is 0 Å². The van der Waals surface area contributed by atoms with Crippen molar-refractivity contribution in [2.24, 2.45) is 5.92 Å². The molecule has 0 spiro atoms. The predicted octanol–water partition coefficient (Wildman–Crippen LogP) is 2.30. The molecule has 2 unspecified atom stereocenters. The van der Waals surface area contributed by atoms with E-state index in [1.807, 2.05) is 4.68 Å². The Morgan fingerprint density at radius 2 is 1.81 bits per heavy atom. The van der Waals surface area contributed by atoms with Crippen molar-refractivity contribution in [1.82, 2.24) is 20.3 Å². The molecule has 0 aliphatic heterocycles. The number of aromatic nitrogens is 3. The van der Waals surface area contributed by atoms with Gasteiger partial charge in [-0.1, -0.05) is 32.4 Å². The fourth-order valence-electron chi connectivity index (χ4n) is 2.25. The Kier molecular flexibility index (Phi) is 13.4. The average Bonchev–Trinajstić information content (AvgIpc) is 3.10. The first-order valence-electron chi connectivity index (χ1n) is 10.0. The quantitative estimate of drug-likeness (QED) is 0.424. The van der Waals surface area contributed by atoms with Crippen molar-refractivity contribution in [3.8, 4) is 0 Å². The van der Waals surface area contributed by atoms with E-state index in [-0.39, 0.29) is 0 Å². The van der Waals surface area contributed by atoms with Crippen molar-refractivity contribution in [2.45, 2.75) is 59.6 Å². The molecule has 7 nitrogen and oxygen atoms in total. The van der Waals surface area contributed by atoms with Gasteiger partial charge in [0.05, 0.1) is 57.6 Å². The van der Waals surface area contributed by atoms with Gasteiger partial charge in [0.2, 0.25) is 0 Å². The molecule has 0 saturated carbocycles. The molecule has 0 radical (unpaired) electrons. The third-order valence-electron chi connectivity index (χ3n) is 4.47. The highest BCUT2D eigenvalue weighted by Crippen LogP contribution is 2.02. The number of rotatable bonds is 17. The Bertz CT molecular complexity index is 442. The van der Waals surface area contributed by atoms with Gasteiger partial charge in [-0.3, -0.25) is 0 Å². The Morgan fingerprint density at radius 1 is 1.04 bits per heavy atom. The minimum Gasteiger partial charge on any atom is -0.378 e. The van der Waals surface area contributed by atoms with Crippen LogP contribution < -0.4 is 5.32 Å². The van der Waals surface area contributed by atoms with Crippen LogP contribution in [0.15, 0.2) is 6.20 Å². The van der Waals surface area contributed by atoms with E-state index in [0.717, 1.165) is 44.1 Å². The molecule has 0 amide bonds. The van der Waals surface area contributed by atoms with E-state index in [4.69, 9.17) is 14.2 Å². The molecule has 0 aliphatic rings. The molecule has 0 fully saturated rings. The van der Waals surface area contributed by atoms with Gasteiger partial charge in [-0.05, 0) is 25.8 Å². The van der Waals surface area contributed by atoms with Crippen molar-refractivity contribution in [3.63, 3.8) is 0 Å². The predicted molar refractivity (Wildman–Crippen MR) is 103 cm³/mol. The number of hydrogen-bond donors (Lipinski definition) is 1. The lowest BCUT2D eigenvalue weighted by atomic mass is 10.1. The van der Waals surface area contributed by atoms with Crippen molar-refractivity contribution >= 4 is 0 Å². The highest BCUT2D eigenvalue weighted by Gasteiger charge is 2.05. The lowest BCUT2D eigenvalue weighted by molar-refractivity contribution is 0.0439. The van der Waals surface area contributed by atoms with Crippen LogP contribution in [0.3, 0.4) is 0 Å². The van der Waals surface area contributed by atoms with Crippen LogP contribution in [0.4, 0.5) is 0 Å². The summed E-state index contributed by atoms with van der Waals surface area (Å²) in [6.07, 6.45) is 5.16. The van der Waals surface area contributed by atoms with Gasteiger partial charge in [-0.2, -0.15) is 0 Å². The zero-order valence-electron chi connectivity index (χ0n) is 17.1. The van der Waals surface area contributed by atoms with E-state index >= 15 is 0 Å². The lowest BCUT2D eigenvalue weighted by Gasteiger charge is -2.11. The van der Waals surface area contributed by atoms with E-state index in [2.05, 4.69) is 43.3 Å². The highest BCUT2D eigenvalue weighted by atomic mass is 16.5. The van der Waals surface area contributed by atoms with Crippen LogP contribution in [-0.4, -0.2) is 67.2 Å². The third kappa shape index (κ3) is 10.9. The maximum atomic E-state index is 5.71. The Labute approximate surface area is 158 Å². The van der Waals surface area contributed by atoms with Gasteiger partial charge in [-0.15, -0.1) is 5.10 Å². The molecule has 0 saturated heterocycles. The fraction of sp³-hybridized carbons (Fsp3) is 0.895. The molecular weight excluding hydrogens is 332 g/mol. The molecule has 0 aromatic carbocycles. The molecule has 152 valence electrons. The minimum absolute atomic E-state index is 0.299. The van der Waals surface area contributed by atoms with E-state index in [9.17, 15) is 0 Å². The second kappa shape index (κ2) is 15.1. The molecule has 1 N–H and O–H groups in total. The van der Waals surface area contributed by atoms with Crippen LogP contribution in [0, 0.1) is 5.92 Å². The molecule has 2 atom stereocenters. The van der Waals surface area contributed by atoms with Crippen LogP contribution in [0.5, 0.6) is 0 Å². The zero-order chi connectivity index (χ0) is 19.0. The van der Waals surface area contributed by atoms with Crippen LogP contribution >= 0.6 is 0 Å². The standard InChI is InChI=1S/C19H38N4O3/c1-5-17(3)15-20-8-11-24-13-14-25-12-9-23-19(16-21-22-23)7-10-26-18(4)6-2/h16-18,20H,5-15H2,1-4H3. The molecule has 1 heterocycles. The second-order valence-corrected chi connectivity index (χ2v) is 6.73. The molecule has 26 heavy (non-hydrogen) atoms. The molecule has 0 aliphatic carbocycles. The summed E-state index contributed by atoms with van der Waals surface area (Å²) in [6.45, 7) is 14.6. The largest absolute Gasteiger partial charge is 0.378 e. The van der Waals surface area contributed by atoms with Crippen molar-refractivity contribution in [1.29, 1.82) is 0 Å². The van der Waals surface area contributed by atoms with Gasteiger partial charge in [-0.25, -0.2) is 4.68 Å². The van der Waals surface area contributed by atoms with Crippen LogP contribution in [0.2, 0.25) is 0 Å². The maximum absolute atomic E-state index is 5.71. The third-order valence-corrected chi connectivity index (χ3v) is 4.47. The van der Waals surface area contributed by atoms with E-state index in [1.165, 1.54) is 6.42 Å². The summed E-state index contributed by atoms with van der Waals surface area (Å²) in [5.41, 5.74) is 1.08. The van der Waals surface area contributed by atoms with Gasteiger partial charge < -0.3 is 19.5 Å². The SMILES string of the molecule is CCC(C)CNCCOCCOCCn1nncc1CCOC(C)CC. The highest BCUT2D eigenvalue weighted by molar-refractivity contribution is 4.94. The number of nitrogens with one attached hydrogen (secondary N) is 1. The Hall–Kier alpha value is -1.02. The van der Waals surface area contributed by atoms with Crippen LogP contribution in [0.1, 0.15) is 46.2 Å². The van der Waals surface area contributed by atoms with Crippen LogP contribution in [-0.2, 0) is 27.2 Å². The molecule has 1 aromatic heterocycles. The van der Waals surface area contributed by atoms with E-state index < -0.39 is 0 Å². The first-order valence-corrected chi connectivity index (χ1v) is 10.0. The van der Waals surface area contributed by atoms with Crippen molar-refractivity contribution in [3.05, 3.63) is 11.9 Å². The van der Waals surface area contributed by atoms with Gasteiger partial charge in [0.25, 0.3) is 0 Å². The zero-order valence-corrected chi connectivity index (χ0v) is 17.1. The fourth-order valence-corrected chi connectivity index (χ4v) is 2.25. The second-order valence-electron chi connectivity index (χ2n) is 6.73. The number of ether oxygens (including phenoxy) is 3. The van der Waals surface area contributed by atoms with Gasteiger partial charge in [0.1, 0.15) is 0 Å². The molecular formula is C19H38N4O3. The topological polar surface area (TPSA) is 70.4 Å². The van der Waals surface area contributed by atoms with Crippen molar-refractivity contribution in [2.75, 3.05) is 46.1 Å². The van der Waals surface area contributed by atoms with Crippen molar-refractivity contribution < 1.29 is 14.2 Å². The number of hydrogen-bond acceptors (Lipinski definition) is 6. The molecule has 1 rings (SSSR count). The van der Waals surface area contributed by atoms with Gasteiger partial charge in [0.15, 0.2) is 0 Å².